The number of rotatable bonds is 5. The van der Waals surface area contributed by atoms with E-state index in [4.69, 9.17) is 9.15 Å². The zero-order valence-electron chi connectivity index (χ0n) is 9.97. The predicted molar refractivity (Wildman–Crippen MR) is 87.8 cm³/mol. The maximum absolute atomic E-state index is 11.7. The Morgan fingerprint density at radius 1 is 1.35 bits per heavy atom. The summed E-state index contributed by atoms with van der Waals surface area (Å²) in [6.07, 6.45) is 2.73. The number of ether oxygens (including phenoxy) is 1. The maximum atomic E-state index is 11.7. The predicted octanol–water partition coefficient (Wildman–Crippen LogP) is 4.15. The van der Waals surface area contributed by atoms with E-state index in [9.17, 15) is 9.59 Å². The number of Topliss-reactive ketones (excluding diaryl/α,β-unsaturated/α-hetero) is 1. The normalized spacial score (nSPS) is 10.9. The first kappa shape index (κ1) is 15.5. The van der Waals surface area contributed by atoms with E-state index in [0.29, 0.717) is 10.6 Å². The van der Waals surface area contributed by atoms with Gasteiger partial charge >= 0.3 is 5.97 Å². The van der Waals surface area contributed by atoms with Crippen LogP contribution < -0.4 is 0 Å². The number of hydrogen-bond acceptors (Lipinski definition) is 5. The summed E-state index contributed by atoms with van der Waals surface area (Å²) in [6.45, 7) is -0.272. The SMILES string of the molecule is O=C(C=Cc1ccc(I)o1)OCC(=O)c1ccc(Br)s1. The van der Waals surface area contributed by atoms with Crippen molar-refractivity contribution in [2.24, 2.45) is 0 Å². The van der Waals surface area contributed by atoms with Gasteiger partial charge in [-0.05, 0) is 68.9 Å². The van der Waals surface area contributed by atoms with Crippen molar-refractivity contribution in [1.29, 1.82) is 0 Å². The number of thiophene rings is 1. The zero-order valence-corrected chi connectivity index (χ0v) is 14.5. The summed E-state index contributed by atoms with van der Waals surface area (Å²) in [7, 11) is 0. The molecule has 0 aliphatic carbocycles. The molecule has 0 saturated carbocycles. The van der Waals surface area contributed by atoms with Crippen LogP contribution in [0.3, 0.4) is 0 Å². The second-order valence-electron chi connectivity index (χ2n) is 3.61. The van der Waals surface area contributed by atoms with E-state index < -0.39 is 5.97 Å². The maximum Gasteiger partial charge on any atom is 0.331 e. The smallest absolute Gasteiger partial charge is 0.331 e. The quantitative estimate of drug-likeness (QED) is 0.287. The summed E-state index contributed by atoms with van der Waals surface area (Å²) in [5, 5.41) is 0. The lowest BCUT2D eigenvalue weighted by Crippen LogP contribution is -2.11. The Morgan fingerprint density at radius 2 is 2.15 bits per heavy atom. The Kier molecular flexibility index (Phi) is 5.55. The highest BCUT2D eigenvalue weighted by molar-refractivity contribution is 14.1. The van der Waals surface area contributed by atoms with Crippen LogP contribution in [0.2, 0.25) is 0 Å². The first-order valence-electron chi connectivity index (χ1n) is 5.43. The van der Waals surface area contributed by atoms with Gasteiger partial charge < -0.3 is 9.15 Å². The van der Waals surface area contributed by atoms with Crippen LogP contribution in [0.25, 0.3) is 6.08 Å². The third kappa shape index (κ3) is 4.57. The molecule has 0 aromatic carbocycles. The second-order valence-corrected chi connectivity index (χ2v) is 7.14. The molecule has 0 radical (unpaired) electrons. The van der Waals surface area contributed by atoms with Gasteiger partial charge in [-0.25, -0.2) is 4.79 Å². The minimum Gasteiger partial charge on any atom is -0.454 e. The molecule has 2 aromatic rings. The summed E-state index contributed by atoms with van der Waals surface area (Å²) in [4.78, 5) is 23.7. The molecule has 0 aliphatic rings. The Bertz CT molecular complexity index is 659. The number of carbonyl (C=O) groups is 2. The van der Waals surface area contributed by atoms with Crippen molar-refractivity contribution >= 4 is 67.7 Å². The van der Waals surface area contributed by atoms with Crippen molar-refractivity contribution in [2.75, 3.05) is 6.61 Å². The Labute approximate surface area is 141 Å². The highest BCUT2D eigenvalue weighted by Gasteiger charge is 2.10. The van der Waals surface area contributed by atoms with Crippen LogP contribution in [0.4, 0.5) is 0 Å². The van der Waals surface area contributed by atoms with Crippen LogP contribution in [-0.2, 0) is 9.53 Å². The fraction of sp³-hybridized carbons (Fsp3) is 0.0769. The molecule has 0 atom stereocenters. The van der Waals surface area contributed by atoms with Crippen molar-refractivity contribution in [2.45, 2.75) is 0 Å². The standard InChI is InChI=1S/C13H8BrIO4S/c14-11-4-3-10(20-11)9(16)7-18-13(17)6-2-8-1-5-12(15)19-8/h1-6H,7H2. The van der Waals surface area contributed by atoms with Gasteiger partial charge in [-0.1, -0.05) is 0 Å². The molecule has 0 saturated heterocycles. The van der Waals surface area contributed by atoms with E-state index in [0.717, 1.165) is 7.55 Å². The van der Waals surface area contributed by atoms with Gasteiger partial charge in [0.2, 0.25) is 5.78 Å². The summed E-state index contributed by atoms with van der Waals surface area (Å²) >= 11 is 6.60. The Hall–Kier alpha value is -0.930. The van der Waals surface area contributed by atoms with Crippen LogP contribution in [0.5, 0.6) is 0 Å². The van der Waals surface area contributed by atoms with Crippen molar-refractivity contribution in [3.05, 3.63) is 48.5 Å². The molecule has 0 amide bonds. The molecule has 0 N–H and O–H groups in total. The summed E-state index contributed by atoms with van der Waals surface area (Å²) in [5.74, 6) is -0.254. The minimum atomic E-state index is -0.583. The first-order chi connectivity index (χ1) is 9.54. The van der Waals surface area contributed by atoms with E-state index in [1.807, 2.05) is 22.6 Å². The van der Waals surface area contributed by atoms with Crippen LogP contribution in [-0.4, -0.2) is 18.4 Å². The topological polar surface area (TPSA) is 56.5 Å². The van der Waals surface area contributed by atoms with Crippen molar-refractivity contribution in [3.8, 4) is 0 Å². The number of hydrogen-bond donors (Lipinski definition) is 0. The van der Waals surface area contributed by atoms with E-state index in [1.54, 1.807) is 24.3 Å². The second kappa shape index (κ2) is 7.19. The van der Waals surface area contributed by atoms with E-state index in [1.165, 1.54) is 23.5 Å². The van der Waals surface area contributed by atoms with Crippen molar-refractivity contribution in [1.82, 2.24) is 0 Å². The number of furan rings is 1. The van der Waals surface area contributed by atoms with Gasteiger partial charge in [0.25, 0.3) is 0 Å². The molecule has 2 rings (SSSR count). The fourth-order valence-electron chi connectivity index (χ4n) is 1.29. The molecule has 4 nitrogen and oxygen atoms in total. The molecule has 0 spiro atoms. The van der Waals surface area contributed by atoms with Gasteiger partial charge in [0.15, 0.2) is 10.4 Å². The molecule has 104 valence electrons. The van der Waals surface area contributed by atoms with Crippen molar-refractivity contribution in [3.63, 3.8) is 0 Å². The van der Waals surface area contributed by atoms with Gasteiger partial charge in [0, 0.05) is 6.08 Å². The molecule has 2 aromatic heterocycles. The molecule has 0 unspecified atom stereocenters. The fourth-order valence-corrected chi connectivity index (χ4v) is 3.03. The summed E-state index contributed by atoms with van der Waals surface area (Å²) in [5.41, 5.74) is 0. The summed E-state index contributed by atoms with van der Waals surface area (Å²) in [6, 6.07) is 6.98. The monoisotopic (exact) mass is 466 g/mol. The van der Waals surface area contributed by atoms with Crippen LogP contribution >= 0.6 is 49.9 Å². The van der Waals surface area contributed by atoms with Crippen molar-refractivity contribution < 1.29 is 18.7 Å². The molecular formula is C13H8BrIO4S. The van der Waals surface area contributed by atoms with Gasteiger partial charge in [0.1, 0.15) is 5.76 Å². The first-order valence-corrected chi connectivity index (χ1v) is 8.12. The lowest BCUT2D eigenvalue weighted by molar-refractivity contribution is -0.136. The number of halogens is 2. The van der Waals surface area contributed by atoms with E-state index >= 15 is 0 Å². The zero-order chi connectivity index (χ0) is 14.5. The molecule has 0 fully saturated rings. The molecular weight excluding hydrogens is 459 g/mol. The van der Waals surface area contributed by atoms with E-state index in [2.05, 4.69) is 15.9 Å². The lowest BCUT2D eigenvalue weighted by atomic mass is 10.3. The van der Waals surface area contributed by atoms with Gasteiger partial charge in [0.05, 0.1) is 8.66 Å². The van der Waals surface area contributed by atoms with Gasteiger partial charge in [-0.3, -0.25) is 4.79 Å². The molecule has 7 heteroatoms. The number of esters is 1. The number of ketones is 1. The lowest BCUT2D eigenvalue weighted by Gasteiger charge is -1.98. The van der Waals surface area contributed by atoms with E-state index in [-0.39, 0.29) is 12.4 Å². The van der Waals surface area contributed by atoms with Crippen LogP contribution in [0.15, 0.2) is 38.5 Å². The highest BCUT2D eigenvalue weighted by Crippen LogP contribution is 2.22. The van der Waals surface area contributed by atoms with Gasteiger partial charge in [-0.15, -0.1) is 11.3 Å². The minimum absolute atomic E-state index is 0.227. The largest absolute Gasteiger partial charge is 0.454 e. The van der Waals surface area contributed by atoms with Crippen LogP contribution in [0.1, 0.15) is 15.4 Å². The average Bonchev–Trinajstić information content (AvgIpc) is 3.02. The average molecular weight is 467 g/mol. The Morgan fingerprint density at radius 3 is 2.75 bits per heavy atom. The third-order valence-corrected chi connectivity index (χ3v) is 4.42. The Balaban J connectivity index is 1.83. The van der Waals surface area contributed by atoms with Crippen LogP contribution in [0, 0.1) is 3.77 Å². The highest BCUT2D eigenvalue weighted by atomic mass is 127. The third-order valence-electron chi connectivity index (χ3n) is 2.17. The van der Waals surface area contributed by atoms with Gasteiger partial charge in [-0.2, -0.15) is 0 Å². The molecule has 0 aliphatic heterocycles. The number of carbonyl (C=O) groups excluding carboxylic acids is 2. The molecule has 20 heavy (non-hydrogen) atoms. The summed E-state index contributed by atoms with van der Waals surface area (Å²) < 4.78 is 11.7. The molecule has 0 bridgehead atoms. The molecule has 2 heterocycles.